The number of nitro benzene ring substituents is 1. The lowest BCUT2D eigenvalue weighted by atomic mass is 10.2. The molecule has 0 bridgehead atoms. The van der Waals surface area contributed by atoms with Crippen molar-refractivity contribution in [1.82, 2.24) is 9.80 Å². The molecular weight excluding hydrogens is 370 g/mol. The van der Waals surface area contributed by atoms with Crippen molar-refractivity contribution in [2.75, 3.05) is 32.8 Å². The average molecular weight is 390 g/mol. The zero-order valence-corrected chi connectivity index (χ0v) is 15.5. The van der Waals surface area contributed by atoms with E-state index in [1.807, 2.05) is 18.2 Å². The maximum absolute atomic E-state index is 12.4. The largest absolute Gasteiger partial charge is 0.477 e. The van der Waals surface area contributed by atoms with Gasteiger partial charge in [-0.3, -0.25) is 19.8 Å². The Morgan fingerprint density at radius 2 is 1.81 bits per heavy atom. The van der Waals surface area contributed by atoms with Crippen LogP contribution < -0.4 is 4.74 Å². The molecule has 0 atom stereocenters. The van der Waals surface area contributed by atoms with Gasteiger partial charge >= 0.3 is 5.69 Å². The molecule has 3 rings (SSSR count). The SMILES string of the molecule is O=C(COc1ccc(Cl)cc1[N+](=O)[O-])N1CCN(Cc2ccccc2)CC1. The highest BCUT2D eigenvalue weighted by molar-refractivity contribution is 6.30. The first-order chi connectivity index (χ1) is 13.0. The van der Waals surface area contributed by atoms with Crippen molar-refractivity contribution < 1.29 is 14.5 Å². The number of hydrogen-bond donors (Lipinski definition) is 0. The van der Waals surface area contributed by atoms with Crippen molar-refractivity contribution in [2.45, 2.75) is 6.54 Å². The second-order valence-corrected chi connectivity index (χ2v) is 6.74. The summed E-state index contributed by atoms with van der Waals surface area (Å²) in [6, 6.07) is 14.3. The fourth-order valence-electron chi connectivity index (χ4n) is 2.98. The minimum atomic E-state index is -0.575. The third kappa shape index (κ3) is 5.18. The van der Waals surface area contributed by atoms with Crippen LogP contribution in [0.2, 0.25) is 5.02 Å². The van der Waals surface area contributed by atoms with Gasteiger partial charge in [-0.05, 0) is 17.7 Å². The maximum Gasteiger partial charge on any atom is 0.312 e. The number of benzene rings is 2. The summed E-state index contributed by atoms with van der Waals surface area (Å²) < 4.78 is 5.39. The number of rotatable bonds is 6. The fourth-order valence-corrected chi connectivity index (χ4v) is 3.15. The highest BCUT2D eigenvalue weighted by Crippen LogP contribution is 2.29. The van der Waals surface area contributed by atoms with Crippen molar-refractivity contribution in [2.24, 2.45) is 0 Å². The molecule has 0 saturated carbocycles. The number of halogens is 1. The molecule has 2 aromatic rings. The normalized spacial score (nSPS) is 14.8. The van der Waals surface area contributed by atoms with Crippen LogP contribution in [0.25, 0.3) is 0 Å². The molecule has 0 unspecified atom stereocenters. The molecule has 1 aliphatic rings. The van der Waals surface area contributed by atoms with Crippen LogP contribution in [0.5, 0.6) is 5.75 Å². The van der Waals surface area contributed by atoms with Crippen LogP contribution >= 0.6 is 11.6 Å². The quantitative estimate of drug-likeness (QED) is 0.560. The molecule has 2 aromatic carbocycles. The van der Waals surface area contributed by atoms with E-state index in [0.29, 0.717) is 13.1 Å². The Kier molecular flexibility index (Phi) is 6.26. The van der Waals surface area contributed by atoms with E-state index in [1.165, 1.54) is 23.8 Å². The van der Waals surface area contributed by atoms with Gasteiger partial charge in [0.05, 0.1) is 4.92 Å². The summed E-state index contributed by atoms with van der Waals surface area (Å²) in [4.78, 5) is 26.9. The molecular formula is C19H20ClN3O4. The summed E-state index contributed by atoms with van der Waals surface area (Å²) in [5.74, 6) is -0.140. The lowest BCUT2D eigenvalue weighted by Gasteiger charge is -2.34. The second-order valence-electron chi connectivity index (χ2n) is 6.30. The van der Waals surface area contributed by atoms with Gasteiger partial charge in [0.2, 0.25) is 0 Å². The Morgan fingerprint density at radius 3 is 2.48 bits per heavy atom. The van der Waals surface area contributed by atoms with Gasteiger partial charge in [-0.2, -0.15) is 0 Å². The van der Waals surface area contributed by atoms with Crippen molar-refractivity contribution in [3.05, 3.63) is 69.2 Å². The lowest BCUT2D eigenvalue weighted by Crippen LogP contribution is -2.49. The molecule has 7 nitrogen and oxygen atoms in total. The number of nitro groups is 1. The average Bonchev–Trinajstić information content (AvgIpc) is 2.68. The first-order valence-electron chi connectivity index (χ1n) is 8.64. The summed E-state index contributed by atoms with van der Waals surface area (Å²) >= 11 is 5.78. The van der Waals surface area contributed by atoms with E-state index in [0.717, 1.165) is 19.6 Å². The summed E-state index contributed by atoms with van der Waals surface area (Å²) in [5.41, 5.74) is 0.999. The Morgan fingerprint density at radius 1 is 1.11 bits per heavy atom. The molecule has 0 aliphatic carbocycles. The molecule has 0 spiro atoms. The maximum atomic E-state index is 12.4. The number of carbonyl (C=O) groups is 1. The zero-order valence-electron chi connectivity index (χ0n) is 14.7. The first kappa shape index (κ1) is 19.1. The second kappa shape index (κ2) is 8.83. The summed E-state index contributed by atoms with van der Waals surface area (Å²) in [7, 11) is 0. The third-order valence-corrected chi connectivity index (χ3v) is 4.68. The van der Waals surface area contributed by atoms with Crippen LogP contribution in [-0.2, 0) is 11.3 Å². The van der Waals surface area contributed by atoms with Gasteiger partial charge in [0, 0.05) is 43.8 Å². The Balaban J connectivity index is 1.49. The topological polar surface area (TPSA) is 75.9 Å². The zero-order chi connectivity index (χ0) is 19.2. The summed E-state index contributed by atoms with van der Waals surface area (Å²) in [6.45, 7) is 3.40. The molecule has 27 heavy (non-hydrogen) atoms. The lowest BCUT2D eigenvalue weighted by molar-refractivity contribution is -0.385. The minimum absolute atomic E-state index is 0.0421. The standard InChI is InChI=1S/C19H20ClN3O4/c20-16-6-7-18(17(12-16)23(25)26)27-14-19(24)22-10-8-21(9-11-22)13-15-4-2-1-3-5-15/h1-7,12H,8-11,13-14H2. The Bertz CT molecular complexity index is 808. The van der Waals surface area contributed by atoms with Gasteiger partial charge in [-0.25, -0.2) is 0 Å². The van der Waals surface area contributed by atoms with E-state index in [2.05, 4.69) is 17.0 Å². The highest BCUT2D eigenvalue weighted by atomic mass is 35.5. The predicted molar refractivity (Wildman–Crippen MR) is 102 cm³/mol. The van der Waals surface area contributed by atoms with Crippen molar-refractivity contribution >= 4 is 23.2 Å². The van der Waals surface area contributed by atoms with E-state index in [-0.39, 0.29) is 29.0 Å². The molecule has 1 fully saturated rings. The molecule has 142 valence electrons. The molecule has 0 N–H and O–H groups in total. The van der Waals surface area contributed by atoms with Gasteiger partial charge in [0.15, 0.2) is 12.4 Å². The molecule has 1 amide bonds. The molecule has 1 aliphatic heterocycles. The third-order valence-electron chi connectivity index (χ3n) is 4.44. The van der Waals surface area contributed by atoms with Gasteiger partial charge < -0.3 is 9.64 Å². The molecule has 1 heterocycles. The van der Waals surface area contributed by atoms with E-state index in [4.69, 9.17) is 16.3 Å². The van der Waals surface area contributed by atoms with E-state index < -0.39 is 4.92 Å². The van der Waals surface area contributed by atoms with Crippen LogP contribution in [-0.4, -0.2) is 53.4 Å². The summed E-state index contributed by atoms with van der Waals surface area (Å²) in [6.07, 6.45) is 0. The van der Waals surface area contributed by atoms with Gasteiger partial charge in [-0.15, -0.1) is 0 Å². The number of amides is 1. The number of nitrogens with zero attached hydrogens (tertiary/aromatic N) is 3. The Labute approximate surface area is 162 Å². The molecule has 0 aromatic heterocycles. The number of ether oxygens (including phenoxy) is 1. The van der Waals surface area contributed by atoms with Crippen LogP contribution in [0, 0.1) is 10.1 Å². The number of piperazine rings is 1. The van der Waals surface area contributed by atoms with Crippen LogP contribution in [0.15, 0.2) is 48.5 Å². The monoisotopic (exact) mass is 389 g/mol. The van der Waals surface area contributed by atoms with Crippen LogP contribution in [0.1, 0.15) is 5.56 Å². The number of hydrogen-bond acceptors (Lipinski definition) is 5. The van der Waals surface area contributed by atoms with E-state index in [1.54, 1.807) is 4.90 Å². The van der Waals surface area contributed by atoms with Gasteiger partial charge in [-0.1, -0.05) is 41.9 Å². The fraction of sp³-hybridized carbons (Fsp3) is 0.316. The molecule has 0 radical (unpaired) electrons. The van der Waals surface area contributed by atoms with Gasteiger partial charge in [0.25, 0.3) is 5.91 Å². The van der Waals surface area contributed by atoms with Crippen molar-refractivity contribution in [1.29, 1.82) is 0 Å². The Hall–Kier alpha value is -2.64. The highest BCUT2D eigenvalue weighted by Gasteiger charge is 2.23. The van der Waals surface area contributed by atoms with E-state index >= 15 is 0 Å². The van der Waals surface area contributed by atoms with Crippen LogP contribution in [0.4, 0.5) is 5.69 Å². The van der Waals surface area contributed by atoms with Crippen LogP contribution in [0.3, 0.4) is 0 Å². The van der Waals surface area contributed by atoms with E-state index in [9.17, 15) is 14.9 Å². The minimum Gasteiger partial charge on any atom is -0.477 e. The molecule has 1 saturated heterocycles. The summed E-state index contributed by atoms with van der Waals surface area (Å²) in [5, 5.41) is 11.3. The smallest absolute Gasteiger partial charge is 0.312 e. The predicted octanol–water partition coefficient (Wildman–Crippen LogP) is 2.97. The molecule has 8 heteroatoms. The number of carbonyl (C=O) groups excluding carboxylic acids is 1. The van der Waals surface area contributed by atoms with Crippen molar-refractivity contribution in [3.8, 4) is 5.75 Å². The first-order valence-corrected chi connectivity index (χ1v) is 9.01. The van der Waals surface area contributed by atoms with Crippen molar-refractivity contribution in [3.63, 3.8) is 0 Å². The van der Waals surface area contributed by atoms with Gasteiger partial charge in [0.1, 0.15) is 0 Å².